The van der Waals surface area contributed by atoms with E-state index in [0.29, 0.717) is 24.0 Å². The minimum Gasteiger partial charge on any atom is -0.294 e. The van der Waals surface area contributed by atoms with E-state index in [0.717, 1.165) is 5.70 Å². The predicted molar refractivity (Wildman–Crippen MR) is 89.3 cm³/mol. The van der Waals surface area contributed by atoms with Crippen molar-refractivity contribution in [2.24, 2.45) is 5.41 Å². The van der Waals surface area contributed by atoms with Gasteiger partial charge in [0, 0.05) is 44.1 Å². The second-order valence-electron chi connectivity index (χ2n) is 7.63. The van der Waals surface area contributed by atoms with E-state index in [1.807, 2.05) is 13.8 Å². The summed E-state index contributed by atoms with van der Waals surface area (Å²) in [7, 11) is 3.58. The van der Waals surface area contributed by atoms with Gasteiger partial charge in [-0.05, 0) is 23.5 Å². The lowest BCUT2D eigenvalue weighted by Crippen LogP contribution is -2.49. The highest BCUT2D eigenvalue weighted by molar-refractivity contribution is 6.01. The van der Waals surface area contributed by atoms with Crippen molar-refractivity contribution in [2.75, 3.05) is 14.1 Å². The van der Waals surface area contributed by atoms with Crippen LogP contribution in [0.4, 0.5) is 4.39 Å². The van der Waals surface area contributed by atoms with Crippen molar-refractivity contribution >= 4 is 11.7 Å². The van der Waals surface area contributed by atoms with E-state index in [9.17, 15) is 14.0 Å². The molecule has 128 valence electrons. The minimum atomic E-state index is -0.492. The fourth-order valence-electron chi connectivity index (χ4n) is 3.89. The number of rotatable bonds is 2. The number of hydrogen-bond acceptors (Lipinski definition) is 3. The molecule has 0 bridgehead atoms. The highest BCUT2D eigenvalue weighted by Gasteiger charge is 2.45. The third kappa shape index (κ3) is 2.77. The zero-order valence-corrected chi connectivity index (χ0v) is 14.6. The largest absolute Gasteiger partial charge is 0.294 e. The van der Waals surface area contributed by atoms with Crippen LogP contribution >= 0.6 is 0 Å². The van der Waals surface area contributed by atoms with Crippen LogP contribution in [0.25, 0.3) is 0 Å². The van der Waals surface area contributed by atoms with Crippen LogP contribution in [0.1, 0.15) is 44.6 Å². The molecule has 0 spiro atoms. The molecule has 0 unspecified atom stereocenters. The van der Waals surface area contributed by atoms with Gasteiger partial charge in [0.1, 0.15) is 5.82 Å². The van der Waals surface area contributed by atoms with Gasteiger partial charge in [-0.25, -0.2) is 14.4 Å². The maximum Gasteiger partial charge on any atom is 0.242 e. The van der Waals surface area contributed by atoms with Crippen LogP contribution in [-0.2, 0) is 9.59 Å². The Morgan fingerprint density at radius 1 is 1.17 bits per heavy atom. The van der Waals surface area contributed by atoms with E-state index in [1.165, 1.54) is 6.07 Å². The van der Waals surface area contributed by atoms with Crippen LogP contribution in [-0.4, -0.2) is 35.8 Å². The maximum absolute atomic E-state index is 14.3. The Balaban J connectivity index is 2.19. The highest BCUT2D eigenvalue weighted by atomic mass is 19.1. The predicted octanol–water partition coefficient (Wildman–Crippen LogP) is 3.26. The fraction of sp³-hybridized carbons (Fsp3) is 0.474. The summed E-state index contributed by atoms with van der Waals surface area (Å²) in [4.78, 5) is 25.6. The van der Waals surface area contributed by atoms with Gasteiger partial charge >= 0.3 is 0 Å². The molecule has 4 nitrogen and oxygen atoms in total. The number of halogens is 1. The number of ketones is 1. The van der Waals surface area contributed by atoms with Gasteiger partial charge in [0.05, 0.1) is 0 Å². The lowest BCUT2D eigenvalue weighted by molar-refractivity contribution is -0.143. The number of carbonyl (C=O) groups is 2. The van der Waals surface area contributed by atoms with Gasteiger partial charge in [-0.1, -0.05) is 32.0 Å². The molecule has 0 N–H and O–H groups in total. The summed E-state index contributed by atoms with van der Waals surface area (Å²) in [5.74, 6) is -0.932. The average Bonchev–Trinajstić information content (AvgIpc) is 2.44. The summed E-state index contributed by atoms with van der Waals surface area (Å²) < 4.78 is 14.3. The van der Waals surface area contributed by atoms with E-state index >= 15 is 0 Å². The lowest BCUT2D eigenvalue weighted by atomic mass is 9.69. The van der Waals surface area contributed by atoms with Gasteiger partial charge in [0.15, 0.2) is 5.78 Å². The normalized spacial score (nSPS) is 23.8. The summed E-state index contributed by atoms with van der Waals surface area (Å²) >= 11 is 0. The summed E-state index contributed by atoms with van der Waals surface area (Å²) in [5.41, 5.74) is 1.56. The van der Waals surface area contributed by atoms with Gasteiger partial charge in [0.2, 0.25) is 5.91 Å². The van der Waals surface area contributed by atoms with Crippen molar-refractivity contribution in [2.45, 2.75) is 39.0 Å². The van der Waals surface area contributed by atoms with Crippen molar-refractivity contribution in [3.63, 3.8) is 0 Å². The molecular formula is C19H23FN2O2. The zero-order valence-electron chi connectivity index (χ0n) is 14.6. The molecule has 0 saturated carbocycles. The minimum absolute atomic E-state index is 0.0221. The number of carbonyl (C=O) groups excluding carboxylic acids is 2. The third-order valence-corrected chi connectivity index (χ3v) is 4.80. The molecule has 5 heteroatoms. The summed E-state index contributed by atoms with van der Waals surface area (Å²) in [6.07, 6.45) is 1.17. The van der Waals surface area contributed by atoms with Crippen molar-refractivity contribution in [3.8, 4) is 0 Å². The Morgan fingerprint density at radius 2 is 1.83 bits per heavy atom. The molecule has 0 saturated heterocycles. The molecule has 1 heterocycles. The SMILES string of the molecule is CN(C)N1C(=O)C[C@@H](c2ccccc2F)C2=C1CC(C)(C)CC2=O. The van der Waals surface area contributed by atoms with E-state index in [4.69, 9.17) is 0 Å². The molecule has 2 aliphatic rings. The third-order valence-electron chi connectivity index (χ3n) is 4.80. The molecule has 1 atom stereocenters. The molecule has 1 aromatic rings. The van der Waals surface area contributed by atoms with Gasteiger partial charge in [0.25, 0.3) is 0 Å². The van der Waals surface area contributed by atoms with Gasteiger partial charge in [-0.2, -0.15) is 0 Å². The van der Waals surface area contributed by atoms with Crippen LogP contribution < -0.4 is 0 Å². The van der Waals surface area contributed by atoms with Crippen LogP contribution in [0.2, 0.25) is 0 Å². The molecule has 1 aliphatic heterocycles. The second kappa shape index (κ2) is 5.81. The molecule has 1 aliphatic carbocycles. The number of benzene rings is 1. The Kier molecular flexibility index (Phi) is 4.08. The standard InChI is InChI=1S/C19H23FN2O2/c1-19(2)10-15-18(16(23)11-19)13(9-17(24)22(15)21(3)4)12-7-5-6-8-14(12)20/h5-8,13H,9-11H2,1-4H3/t13-/m0/s1. The van der Waals surface area contributed by atoms with Crippen LogP contribution in [0.15, 0.2) is 35.5 Å². The first-order valence-corrected chi connectivity index (χ1v) is 8.22. The molecule has 0 fully saturated rings. The number of Topliss-reactive ketones (excluding diaryl/α,β-unsaturated/α-hetero) is 1. The quantitative estimate of drug-likeness (QED) is 0.836. The Bertz CT molecular complexity index is 737. The summed E-state index contributed by atoms with van der Waals surface area (Å²) in [6.45, 7) is 4.05. The molecule has 1 amide bonds. The first kappa shape index (κ1) is 16.8. The molecule has 1 aromatic carbocycles. The smallest absolute Gasteiger partial charge is 0.242 e. The Labute approximate surface area is 141 Å². The number of allylic oxidation sites excluding steroid dienone is 2. The molecule has 0 aromatic heterocycles. The van der Waals surface area contributed by atoms with E-state index in [-0.39, 0.29) is 29.3 Å². The van der Waals surface area contributed by atoms with E-state index in [2.05, 4.69) is 0 Å². The first-order valence-electron chi connectivity index (χ1n) is 8.22. The van der Waals surface area contributed by atoms with Gasteiger partial charge in [-0.3, -0.25) is 9.59 Å². The van der Waals surface area contributed by atoms with Crippen molar-refractivity contribution in [1.82, 2.24) is 10.0 Å². The summed E-state index contributed by atoms with van der Waals surface area (Å²) in [5, 5.41) is 3.30. The molecule has 3 rings (SSSR count). The number of nitrogens with zero attached hydrogens (tertiary/aromatic N) is 2. The van der Waals surface area contributed by atoms with Crippen molar-refractivity contribution in [1.29, 1.82) is 0 Å². The first-order chi connectivity index (χ1) is 11.2. The van der Waals surface area contributed by atoms with Crippen molar-refractivity contribution in [3.05, 3.63) is 46.9 Å². The second-order valence-corrected chi connectivity index (χ2v) is 7.63. The fourth-order valence-corrected chi connectivity index (χ4v) is 3.89. The highest BCUT2D eigenvalue weighted by Crippen LogP contribution is 2.47. The number of hydrazine groups is 1. The van der Waals surface area contributed by atoms with Crippen LogP contribution in [0.3, 0.4) is 0 Å². The van der Waals surface area contributed by atoms with Gasteiger partial charge in [-0.15, -0.1) is 0 Å². The van der Waals surface area contributed by atoms with E-state index < -0.39 is 5.92 Å². The molecule has 0 radical (unpaired) electrons. The maximum atomic E-state index is 14.3. The Hall–Kier alpha value is -2.01. The van der Waals surface area contributed by atoms with Crippen LogP contribution in [0, 0.1) is 11.2 Å². The number of hydrogen-bond donors (Lipinski definition) is 0. The molecular weight excluding hydrogens is 307 g/mol. The zero-order chi connectivity index (χ0) is 17.6. The van der Waals surface area contributed by atoms with E-state index in [1.54, 1.807) is 42.3 Å². The van der Waals surface area contributed by atoms with Crippen LogP contribution in [0.5, 0.6) is 0 Å². The van der Waals surface area contributed by atoms with Gasteiger partial charge < -0.3 is 0 Å². The molecule has 24 heavy (non-hydrogen) atoms. The Morgan fingerprint density at radius 3 is 2.46 bits per heavy atom. The topological polar surface area (TPSA) is 40.6 Å². The monoisotopic (exact) mass is 330 g/mol. The number of amides is 1. The van der Waals surface area contributed by atoms with Crippen molar-refractivity contribution < 1.29 is 14.0 Å². The lowest BCUT2D eigenvalue weighted by Gasteiger charge is -2.44. The average molecular weight is 330 g/mol. The summed E-state index contributed by atoms with van der Waals surface area (Å²) in [6, 6.07) is 6.43.